The number of fused-ring (bicyclic) bond motifs is 9. The number of nitrogens with zero attached hydrogens (tertiary/aromatic N) is 1. The molecule has 2 aliphatic carbocycles. The summed E-state index contributed by atoms with van der Waals surface area (Å²) in [6.07, 6.45) is 8.83. The van der Waals surface area contributed by atoms with Crippen molar-refractivity contribution in [3.8, 4) is 33.4 Å². The van der Waals surface area contributed by atoms with Crippen molar-refractivity contribution in [2.24, 2.45) is 0 Å². The van der Waals surface area contributed by atoms with E-state index in [4.69, 9.17) is 4.42 Å². The van der Waals surface area contributed by atoms with E-state index in [1.807, 2.05) is 0 Å². The quantitative estimate of drug-likeness (QED) is 0.167. The van der Waals surface area contributed by atoms with Gasteiger partial charge in [0.15, 0.2) is 0 Å². The van der Waals surface area contributed by atoms with Crippen LogP contribution in [-0.4, -0.2) is 0 Å². The Bertz CT molecular complexity index is 3440. The Balaban J connectivity index is 1.04. The maximum absolute atomic E-state index is 7.09. The van der Waals surface area contributed by atoms with Gasteiger partial charge in [-0.05, 0) is 134 Å². The van der Waals surface area contributed by atoms with Crippen LogP contribution in [0, 0.1) is 0 Å². The molecule has 0 spiro atoms. The molecule has 0 saturated heterocycles. The molecule has 1 aromatic heterocycles. The minimum absolute atomic E-state index is 0.112. The smallest absolute Gasteiger partial charge is 0.143 e. The van der Waals surface area contributed by atoms with Gasteiger partial charge in [-0.3, -0.25) is 0 Å². The summed E-state index contributed by atoms with van der Waals surface area (Å²) in [5, 5.41) is 7.11. The van der Waals surface area contributed by atoms with E-state index < -0.39 is 0 Å². The Morgan fingerprint density at radius 2 is 1.13 bits per heavy atom. The Hall–Kier alpha value is -7.42. The Labute approximate surface area is 356 Å². The summed E-state index contributed by atoms with van der Waals surface area (Å²) < 4.78 is 7.09. The van der Waals surface area contributed by atoms with Crippen molar-refractivity contribution in [2.45, 2.75) is 32.1 Å². The zero-order valence-corrected chi connectivity index (χ0v) is 34.3. The molecule has 0 fully saturated rings. The van der Waals surface area contributed by atoms with Crippen LogP contribution in [0.4, 0.5) is 17.1 Å². The van der Waals surface area contributed by atoms with E-state index in [2.05, 4.69) is 219 Å². The Morgan fingerprint density at radius 3 is 1.97 bits per heavy atom. The zero-order valence-electron chi connectivity index (χ0n) is 34.3. The molecule has 1 heterocycles. The van der Waals surface area contributed by atoms with Crippen molar-refractivity contribution < 1.29 is 4.42 Å². The molecule has 0 N–H and O–H groups in total. The standard InChI is InChI=1S/C59H43NO/c1-59(2)55-24-14-13-22-48(55)49-32-31-46(36-56(49)59)60(45-30-25-39-17-9-10-20-42(39)33-45)44-28-26-41(27-29-44)52-34-43(38-15-5-3-6-16-38)35-53-54-37-51(40-18-7-4-8-19-40)47-21-11-12-23-50(47)57(54)61-58(52)53/h3-7,9-18,20-37H,8,19H2,1-2H3. The van der Waals surface area contributed by atoms with Crippen LogP contribution in [0.15, 0.2) is 205 Å². The first-order valence-corrected chi connectivity index (χ1v) is 21.5. The lowest BCUT2D eigenvalue weighted by atomic mass is 9.82. The highest BCUT2D eigenvalue weighted by molar-refractivity contribution is 6.20. The third-order valence-electron chi connectivity index (χ3n) is 13.3. The molecule has 0 radical (unpaired) electrons. The maximum Gasteiger partial charge on any atom is 0.143 e. The van der Waals surface area contributed by atoms with Crippen molar-refractivity contribution in [3.63, 3.8) is 0 Å². The van der Waals surface area contributed by atoms with Crippen molar-refractivity contribution in [2.75, 3.05) is 4.90 Å². The summed E-state index contributed by atoms with van der Waals surface area (Å²) in [6.45, 7) is 4.71. The Kier molecular flexibility index (Phi) is 8.05. The van der Waals surface area contributed by atoms with Crippen molar-refractivity contribution in [3.05, 3.63) is 217 Å². The fourth-order valence-corrected chi connectivity index (χ4v) is 10.2. The lowest BCUT2D eigenvalue weighted by Crippen LogP contribution is -2.16. The monoisotopic (exact) mass is 781 g/mol. The number of benzene rings is 9. The van der Waals surface area contributed by atoms with Gasteiger partial charge >= 0.3 is 0 Å². The summed E-state index contributed by atoms with van der Waals surface area (Å²) >= 11 is 0. The number of hydrogen-bond donors (Lipinski definition) is 0. The van der Waals surface area contributed by atoms with Crippen LogP contribution < -0.4 is 4.90 Å². The molecule has 2 nitrogen and oxygen atoms in total. The highest BCUT2D eigenvalue weighted by Crippen LogP contribution is 2.51. The predicted molar refractivity (Wildman–Crippen MR) is 258 cm³/mol. The zero-order chi connectivity index (χ0) is 40.7. The van der Waals surface area contributed by atoms with Crippen LogP contribution >= 0.6 is 0 Å². The van der Waals surface area contributed by atoms with Gasteiger partial charge in [-0.1, -0.05) is 159 Å². The molecule has 0 atom stereocenters. The minimum Gasteiger partial charge on any atom is -0.455 e. The lowest BCUT2D eigenvalue weighted by Gasteiger charge is -2.28. The molecule has 61 heavy (non-hydrogen) atoms. The number of rotatable bonds is 6. The van der Waals surface area contributed by atoms with E-state index in [-0.39, 0.29) is 5.41 Å². The van der Waals surface area contributed by atoms with E-state index >= 15 is 0 Å². The van der Waals surface area contributed by atoms with Crippen LogP contribution in [0.5, 0.6) is 0 Å². The van der Waals surface area contributed by atoms with E-state index in [1.54, 1.807) is 0 Å². The van der Waals surface area contributed by atoms with Crippen molar-refractivity contribution in [1.82, 2.24) is 0 Å². The molecule has 0 aliphatic heterocycles. The van der Waals surface area contributed by atoms with Crippen LogP contribution in [-0.2, 0) is 5.41 Å². The van der Waals surface area contributed by atoms with Gasteiger partial charge < -0.3 is 9.32 Å². The van der Waals surface area contributed by atoms with Crippen molar-refractivity contribution >= 4 is 66.1 Å². The topological polar surface area (TPSA) is 16.4 Å². The highest BCUT2D eigenvalue weighted by Gasteiger charge is 2.35. The summed E-state index contributed by atoms with van der Waals surface area (Å²) in [7, 11) is 0. The van der Waals surface area contributed by atoms with Crippen LogP contribution in [0.1, 0.15) is 43.4 Å². The summed E-state index contributed by atoms with van der Waals surface area (Å²) in [6, 6.07) is 66.9. The first-order chi connectivity index (χ1) is 30.0. The molecular weight excluding hydrogens is 739 g/mol. The van der Waals surface area contributed by atoms with Gasteiger partial charge in [0.25, 0.3) is 0 Å². The fourth-order valence-electron chi connectivity index (χ4n) is 10.2. The maximum atomic E-state index is 7.09. The van der Waals surface area contributed by atoms with E-state index in [0.717, 1.165) is 68.4 Å². The molecule has 0 amide bonds. The van der Waals surface area contributed by atoms with E-state index in [1.165, 1.54) is 60.7 Å². The fraction of sp³-hybridized carbons (Fsp3) is 0.0847. The molecule has 290 valence electrons. The predicted octanol–water partition coefficient (Wildman–Crippen LogP) is 16.7. The average molecular weight is 782 g/mol. The van der Waals surface area contributed by atoms with E-state index in [9.17, 15) is 0 Å². The minimum atomic E-state index is -0.112. The van der Waals surface area contributed by atoms with Gasteiger partial charge in [0, 0.05) is 44.2 Å². The number of allylic oxidation sites excluding steroid dienone is 4. The number of hydrogen-bond acceptors (Lipinski definition) is 2. The van der Waals surface area contributed by atoms with Gasteiger partial charge in [0.05, 0.1) is 0 Å². The van der Waals surface area contributed by atoms with Gasteiger partial charge in [-0.2, -0.15) is 0 Å². The second-order valence-corrected chi connectivity index (χ2v) is 17.2. The highest BCUT2D eigenvalue weighted by atomic mass is 16.3. The summed E-state index contributed by atoms with van der Waals surface area (Å²) in [5.74, 6) is 0. The molecule has 10 aromatic rings. The molecule has 12 rings (SSSR count). The van der Waals surface area contributed by atoms with Crippen molar-refractivity contribution in [1.29, 1.82) is 0 Å². The van der Waals surface area contributed by atoms with Crippen LogP contribution in [0.2, 0.25) is 0 Å². The number of furan rings is 1. The van der Waals surface area contributed by atoms with E-state index in [0.29, 0.717) is 0 Å². The lowest BCUT2D eigenvalue weighted by molar-refractivity contribution is 0.660. The Morgan fingerprint density at radius 1 is 0.443 bits per heavy atom. The SMILES string of the molecule is CC1(C)c2ccccc2-c2ccc(N(c3ccc(-c4cc(-c5ccccc5)cc5c4oc4c6ccccc6c(C6=CC=CCC6)cc54)cc3)c3ccc4ccccc4c3)cc21. The first-order valence-electron chi connectivity index (χ1n) is 21.5. The molecule has 2 heteroatoms. The van der Waals surface area contributed by atoms with Crippen LogP contribution in [0.25, 0.3) is 82.4 Å². The largest absolute Gasteiger partial charge is 0.455 e. The first kappa shape index (κ1) is 35.5. The molecule has 0 unspecified atom stereocenters. The molecule has 0 saturated carbocycles. The third kappa shape index (κ3) is 5.70. The van der Waals surface area contributed by atoms with Gasteiger partial charge in [-0.25, -0.2) is 0 Å². The van der Waals surface area contributed by atoms with Gasteiger partial charge in [0.2, 0.25) is 0 Å². The summed E-state index contributed by atoms with van der Waals surface area (Å²) in [4.78, 5) is 2.41. The average Bonchev–Trinajstić information content (AvgIpc) is 3.81. The number of anilines is 3. The molecular formula is C59H43NO. The normalized spacial score (nSPS) is 14.1. The van der Waals surface area contributed by atoms with Gasteiger partial charge in [-0.15, -0.1) is 0 Å². The third-order valence-corrected chi connectivity index (χ3v) is 13.3. The molecule has 2 aliphatic rings. The summed E-state index contributed by atoms with van der Waals surface area (Å²) in [5.41, 5.74) is 17.7. The second-order valence-electron chi connectivity index (χ2n) is 17.2. The van der Waals surface area contributed by atoms with Gasteiger partial charge in [0.1, 0.15) is 11.2 Å². The molecule has 9 aromatic carbocycles. The molecule has 0 bridgehead atoms. The second kappa shape index (κ2) is 13.8. The van der Waals surface area contributed by atoms with Crippen LogP contribution in [0.3, 0.4) is 0 Å².